The van der Waals surface area contributed by atoms with Crippen LogP contribution in [0, 0.1) is 16.7 Å². The predicted molar refractivity (Wildman–Crippen MR) is 81.2 cm³/mol. The lowest BCUT2D eigenvalue weighted by Gasteiger charge is -2.38. The third-order valence-electron chi connectivity index (χ3n) is 6.32. The Morgan fingerprint density at radius 3 is 2.45 bits per heavy atom. The molecule has 0 spiro atoms. The normalized spacial score (nSPS) is 34.4. The van der Waals surface area contributed by atoms with E-state index in [2.05, 4.69) is 20.8 Å². The average Bonchev–Trinajstić information content (AvgIpc) is 2.71. The molecule has 2 saturated carbocycles. The number of carbonyl (C=O) groups is 1. The maximum absolute atomic E-state index is 12.0. The molecule has 0 aromatic carbocycles. The van der Waals surface area contributed by atoms with Gasteiger partial charge in [-0.3, -0.25) is 4.79 Å². The van der Waals surface area contributed by atoms with Crippen LogP contribution in [0.3, 0.4) is 0 Å². The van der Waals surface area contributed by atoms with E-state index in [4.69, 9.17) is 10.5 Å². The monoisotopic (exact) mass is 281 g/mol. The van der Waals surface area contributed by atoms with Gasteiger partial charge in [-0.15, -0.1) is 0 Å². The van der Waals surface area contributed by atoms with E-state index in [9.17, 15) is 4.79 Å². The molecule has 2 fully saturated rings. The van der Waals surface area contributed by atoms with Crippen molar-refractivity contribution in [3.63, 3.8) is 0 Å². The lowest BCUT2D eigenvalue weighted by Crippen LogP contribution is -2.38. The van der Waals surface area contributed by atoms with Crippen LogP contribution < -0.4 is 5.73 Å². The van der Waals surface area contributed by atoms with Crippen molar-refractivity contribution < 1.29 is 9.53 Å². The van der Waals surface area contributed by atoms with E-state index in [1.54, 1.807) is 0 Å². The number of fused-ring (bicyclic) bond motifs is 2. The molecule has 116 valence electrons. The van der Waals surface area contributed by atoms with E-state index in [0.717, 1.165) is 44.6 Å². The Morgan fingerprint density at radius 1 is 1.20 bits per heavy atom. The number of rotatable bonds is 7. The highest BCUT2D eigenvalue weighted by molar-refractivity contribution is 5.69. The summed E-state index contributed by atoms with van der Waals surface area (Å²) in [6.45, 7) is 7.77. The molecule has 20 heavy (non-hydrogen) atoms. The Morgan fingerprint density at radius 2 is 1.90 bits per heavy atom. The van der Waals surface area contributed by atoms with Crippen molar-refractivity contribution in [3.8, 4) is 0 Å². The van der Waals surface area contributed by atoms with Crippen LogP contribution in [0.4, 0.5) is 0 Å². The van der Waals surface area contributed by atoms with Gasteiger partial charge in [-0.1, -0.05) is 33.6 Å². The van der Waals surface area contributed by atoms with Gasteiger partial charge >= 0.3 is 5.97 Å². The van der Waals surface area contributed by atoms with Crippen LogP contribution in [0.1, 0.15) is 72.1 Å². The second-order valence-corrected chi connectivity index (χ2v) is 7.54. The second-order valence-electron chi connectivity index (χ2n) is 7.54. The maximum Gasteiger partial charge on any atom is 0.306 e. The molecule has 0 saturated heterocycles. The molecule has 0 aliphatic heterocycles. The van der Waals surface area contributed by atoms with Gasteiger partial charge in [0.15, 0.2) is 0 Å². The third-order valence-corrected chi connectivity index (χ3v) is 6.32. The fourth-order valence-electron chi connectivity index (χ4n) is 4.29. The lowest BCUT2D eigenvalue weighted by molar-refractivity contribution is -0.157. The SMILES string of the molecule is CC1(C)C2CCC1(C)C(OC(=O)CCCCCCN)C2. The fourth-order valence-corrected chi connectivity index (χ4v) is 4.29. The molecule has 0 radical (unpaired) electrons. The second kappa shape index (κ2) is 6.05. The van der Waals surface area contributed by atoms with E-state index < -0.39 is 0 Å². The summed E-state index contributed by atoms with van der Waals surface area (Å²) < 4.78 is 5.83. The minimum atomic E-state index is 0.00678. The summed E-state index contributed by atoms with van der Waals surface area (Å²) in [6, 6.07) is 0. The highest BCUT2D eigenvalue weighted by atomic mass is 16.5. The third kappa shape index (κ3) is 2.74. The minimum absolute atomic E-state index is 0.00678. The zero-order valence-corrected chi connectivity index (χ0v) is 13.4. The van der Waals surface area contributed by atoms with Gasteiger partial charge < -0.3 is 10.5 Å². The first kappa shape index (κ1) is 15.8. The average molecular weight is 281 g/mol. The van der Waals surface area contributed by atoms with E-state index in [1.165, 1.54) is 12.8 Å². The topological polar surface area (TPSA) is 52.3 Å². The molecule has 3 atom stereocenters. The molecule has 2 rings (SSSR count). The lowest BCUT2D eigenvalue weighted by atomic mass is 9.70. The van der Waals surface area contributed by atoms with E-state index in [0.29, 0.717) is 11.8 Å². The Balaban J connectivity index is 1.76. The van der Waals surface area contributed by atoms with Crippen molar-refractivity contribution in [2.45, 2.75) is 78.2 Å². The van der Waals surface area contributed by atoms with Crippen LogP contribution in [-0.2, 0) is 9.53 Å². The van der Waals surface area contributed by atoms with Crippen LogP contribution in [0.25, 0.3) is 0 Å². The van der Waals surface area contributed by atoms with Gasteiger partial charge in [0.05, 0.1) is 0 Å². The van der Waals surface area contributed by atoms with Crippen LogP contribution in [-0.4, -0.2) is 18.6 Å². The first-order valence-electron chi connectivity index (χ1n) is 8.31. The zero-order chi connectivity index (χ0) is 14.8. The summed E-state index contributed by atoms with van der Waals surface area (Å²) in [6.07, 6.45) is 8.51. The van der Waals surface area contributed by atoms with E-state index in [1.807, 2.05) is 0 Å². The molecule has 3 nitrogen and oxygen atoms in total. The van der Waals surface area contributed by atoms with Crippen molar-refractivity contribution in [2.24, 2.45) is 22.5 Å². The molecular weight excluding hydrogens is 250 g/mol. The first-order chi connectivity index (χ1) is 9.41. The smallest absolute Gasteiger partial charge is 0.306 e. The Bertz CT molecular complexity index is 353. The molecule has 0 amide bonds. The minimum Gasteiger partial charge on any atom is -0.462 e. The summed E-state index contributed by atoms with van der Waals surface area (Å²) >= 11 is 0. The number of esters is 1. The first-order valence-corrected chi connectivity index (χ1v) is 8.31. The molecule has 2 bridgehead atoms. The molecule has 0 aromatic heterocycles. The molecule has 3 heteroatoms. The van der Waals surface area contributed by atoms with Gasteiger partial charge in [0.2, 0.25) is 0 Å². The van der Waals surface area contributed by atoms with Crippen molar-refractivity contribution in [1.29, 1.82) is 0 Å². The summed E-state index contributed by atoms with van der Waals surface area (Å²) in [5.74, 6) is 0.738. The highest BCUT2D eigenvalue weighted by Gasteiger charge is 2.62. The molecule has 2 N–H and O–H groups in total. The molecule has 2 aliphatic carbocycles. The molecule has 0 aromatic rings. The van der Waals surface area contributed by atoms with Gasteiger partial charge in [0.1, 0.15) is 6.10 Å². The number of hydrogen-bond donors (Lipinski definition) is 1. The number of carbonyl (C=O) groups excluding carboxylic acids is 1. The van der Waals surface area contributed by atoms with Gasteiger partial charge in [0.25, 0.3) is 0 Å². The molecule has 2 aliphatic rings. The van der Waals surface area contributed by atoms with Crippen LogP contribution in [0.5, 0.6) is 0 Å². The van der Waals surface area contributed by atoms with E-state index >= 15 is 0 Å². The maximum atomic E-state index is 12.0. The summed E-state index contributed by atoms with van der Waals surface area (Å²) in [4.78, 5) is 12.0. The molecule has 0 heterocycles. The number of nitrogens with two attached hydrogens (primary N) is 1. The largest absolute Gasteiger partial charge is 0.462 e. The Kier molecular flexibility index (Phi) is 4.78. The Labute approximate surface area is 123 Å². The van der Waals surface area contributed by atoms with Gasteiger partial charge in [0, 0.05) is 11.8 Å². The van der Waals surface area contributed by atoms with E-state index in [-0.39, 0.29) is 17.5 Å². The number of hydrogen-bond acceptors (Lipinski definition) is 3. The van der Waals surface area contributed by atoms with Crippen molar-refractivity contribution in [1.82, 2.24) is 0 Å². The quantitative estimate of drug-likeness (QED) is 0.572. The van der Waals surface area contributed by atoms with Gasteiger partial charge in [-0.2, -0.15) is 0 Å². The molecular formula is C17H31NO2. The Hall–Kier alpha value is -0.570. The van der Waals surface area contributed by atoms with Crippen molar-refractivity contribution >= 4 is 5.97 Å². The summed E-state index contributed by atoms with van der Waals surface area (Å²) in [5.41, 5.74) is 5.97. The van der Waals surface area contributed by atoms with Gasteiger partial charge in [-0.05, 0) is 50.0 Å². The van der Waals surface area contributed by atoms with Crippen molar-refractivity contribution in [3.05, 3.63) is 0 Å². The standard InChI is InChI=1S/C17H31NO2/c1-16(2)13-9-10-17(16,3)14(12-13)20-15(19)8-6-4-5-7-11-18/h13-14H,4-12,18H2,1-3H3. The highest BCUT2D eigenvalue weighted by Crippen LogP contribution is 2.66. The van der Waals surface area contributed by atoms with Crippen LogP contribution in [0.15, 0.2) is 0 Å². The van der Waals surface area contributed by atoms with Crippen LogP contribution in [0.2, 0.25) is 0 Å². The predicted octanol–water partition coefficient (Wildman–Crippen LogP) is 3.65. The zero-order valence-electron chi connectivity index (χ0n) is 13.4. The van der Waals surface area contributed by atoms with Crippen molar-refractivity contribution in [2.75, 3.05) is 6.54 Å². The number of unbranched alkanes of at least 4 members (excludes halogenated alkanes) is 3. The summed E-state index contributed by atoms with van der Waals surface area (Å²) in [5, 5.41) is 0. The van der Waals surface area contributed by atoms with Crippen LogP contribution >= 0.6 is 0 Å². The summed E-state index contributed by atoms with van der Waals surface area (Å²) in [7, 11) is 0. The number of ether oxygens (including phenoxy) is 1. The fraction of sp³-hybridized carbons (Fsp3) is 0.941. The van der Waals surface area contributed by atoms with Gasteiger partial charge in [-0.25, -0.2) is 0 Å². The molecule has 3 unspecified atom stereocenters.